The largest absolute Gasteiger partial charge is 0.494 e. The number of ether oxygens (including phenoxy) is 1. The van der Waals surface area contributed by atoms with Gasteiger partial charge in [-0.3, -0.25) is 14.6 Å². The van der Waals surface area contributed by atoms with Crippen molar-refractivity contribution in [3.05, 3.63) is 71.5 Å². The van der Waals surface area contributed by atoms with Crippen molar-refractivity contribution in [3.8, 4) is 17.2 Å². The van der Waals surface area contributed by atoms with E-state index in [9.17, 15) is 22.8 Å². The lowest BCUT2D eigenvalue weighted by molar-refractivity contribution is -0.141. The van der Waals surface area contributed by atoms with Crippen LogP contribution in [0.1, 0.15) is 53.4 Å². The van der Waals surface area contributed by atoms with E-state index in [1.807, 2.05) is 12.1 Å². The number of amides is 2. The molecule has 1 saturated heterocycles. The number of nitrogens with zero attached hydrogens (tertiary/aromatic N) is 4. The minimum Gasteiger partial charge on any atom is -0.494 e. The molecule has 0 saturated carbocycles. The van der Waals surface area contributed by atoms with E-state index in [4.69, 9.17) is 14.9 Å². The number of oxazole rings is 1. The van der Waals surface area contributed by atoms with E-state index < -0.39 is 23.8 Å². The number of methoxy groups -OCH3 is 1. The van der Waals surface area contributed by atoms with Crippen molar-refractivity contribution < 1.29 is 31.9 Å². The molecule has 4 heterocycles. The Morgan fingerprint density at radius 3 is 2.55 bits per heavy atom. The van der Waals surface area contributed by atoms with Gasteiger partial charge in [-0.15, -0.1) is 0 Å². The van der Waals surface area contributed by atoms with Crippen molar-refractivity contribution in [2.24, 2.45) is 11.7 Å². The van der Waals surface area contributed by atoms with Gasteiger partial charge in [-0.25, -0.2) is 9.97 Å². The van der Waals surface area contributed by atoms with Crippen LogP contribution in [-0.2, 0) is 17.5 Å². The van der Waals surface area contributed by atoms with Crippen molar-refractivity contribution in [1.29, 1.82) is 0 Å². The third kappa shape index (κ3) is 5.91. The van der Waals surface area contributed by atoms with Gasteiger partial charge in [0.15, 0.2) is 11.5 Å². The summed E-state index contributed by atoms with van der Waals surface area (Å²) in [5.41, 5.74) is 6.13. The second-order valence-electron chi connectivity index (χ2n) is 10.0. The molecule has 13 heteroatoms. The monoisotopic (exact) mass is 582 g/mol. The van der Waals surface area contributed by atoms with Crippen LogP contribution in [0.5, 0.6) is 5.75 Å². The highest BCUT2D eigenvalue weighted by Gasteiger charge is 2.34. The number of fused-ring (bicyclic) bond motifs is 1. The zero-order valence-corrected chi connectivity index (χ0v) is 22.9. The van der Waals surface area contributed by atoms with E-state index in [-0.39, 0.29) is 40.4 Å². The average molecular weight is 583 g/mol. The molecule has 4 aromatic rings. The van der Waals surface area contributed by atoms with Crippen LogP contribution < -0.4 is 15.8 Å². The molecule has 42 heavy (non-hydrogen) atoms. The molecule has 0 radical (unpaired) electrons. The summed E-state index contributed by atoms with van der Waals surface area (Å²) in [6.07, 6.45) is -2.05. The summed E-state index contributed by atoms with van der Waals surface area (Å²) < 4.78 is 51.2. The Morgan fingerprint density at radius 1 is 1.14 bits per heavy atom. The number of rotatable bonds is 7. The molecule has 1 atom stereocenters. The SMILES string of the molecule is COc1ccc(-c2nc(C(=O)N3CCC(C(=O)NCc4ccccn4)CC3)c([C@H](C)N)o2)c2ccc(C(F)(F)F)nc12. The van der Waals surface area contributed by atoms with Gasteiger partial charge >= 0.3 is 6.18 Å². The van der Waals surface area contributed by atoms with Gasteiger partial charge in [-0.1, -0.05) is 6.07 Å². The van der Waals surface area contributed by atoms with Crippen LogP contribution in [0.3, 0.4) is 0 Å². The number of benzene rings is 1. The van der Waals surface area contributed by atoms with Gasteiger partial charge in [-0.05, 0) is 56.2 Å². The number of nitrogens with two attached hydrogens (primary N) is 1. The first-order valence-electron chi connectivity index (χ1n) is 13.3. The Balaban J connectivity index is 1.36. The molecule has 2 amide bonds. The van der Waals surface area contributed by atoms with Crippen molar-refractivity contribution in [3.63, 3.8) is 0 Å². The summed E-state index contributed by atoms with van der Waals surface area (Å²) >= 11 is 0. The van der Waals surface area contributed by atoms with Gasteiger partial charge in [0.1, 0.15) is 17.0 Å². The molecule has 5 rings (SSSR count). The van der Waals surface area contributed by atoms with Crippen molar-refractivity contribution in [2.75, 3.05) is 20.2 Å². The number of hydrogen-bond acceptors (Lipinski definition) is 8. The highest BCUT2D eigenvalue weighted by Crippen LogP contribution is 2.37. The predicted molar refractivity (Wildman–Crippen MR) is 146 cm³/mol. The predicted octanol–water partition coefficient (Wildman–Crippen LogP) is 4.50. The maximum atomic E-state index is 13.6. The fourth-order valence-electron chi connectivity index (χ4n) is 4.93. The number of carbonyl (C=O) groups excluding carboxylic acids is 2. The van der Waals surface area contributed by atoms with Crippen LogP contribution in [-0.4, -0.2) is 51.9 Å². The van der Waals surface area contributed by atoms with Gasteiger partial charge in [0.2, 0.25) is 11.8 Å². The standard InChI is InChI=1S/C29H29F3N6O4/c1-16(33)25-24(28(40)38-13-10-17(11-14-38)26(39)35-15-18-5-3-4-12-34-18)37-27(42-25)20-6-8-21(41-2)23-19(20)7-9-22(36-23)29(30,31)32/h3-9,12,16-17H,10-11,13-15,33H2,1-2H3,(H,35,39)/t16-/m0/s1. The van der Waals surface area contributed by atoms with Gasteiger partial charge in [0.05, 0.1) is 25.4 Å². The summed E-state index contributed by atoms with van der Waals surface area (Å²) in [7, 11) is 1.33. The fraction of sp³-hybridized carbons (Fsp3) is 0.345. The summed E-state index contributed by atoms with van der Waals surface area (Å²) in [6.45, 7) is 2.63. The molecular weight excluding hydrogens is 553 g/mol. The van der Waals surface area contributed by atoms with E-state index in [1.54, 1.807) is 30.2 Å². The summed E-state index contributed by atoms with van der Waals surface area (Å²) in [4.78, 5) is 40.3. The van der Waals surface area contributed by atoms with Crippen molar-refractivity contribution in [2.45, 2.75) is 38.5 Å². The molecule has 10 nitrogen and oxygen atoms in total. The number of aromatic nitrogens is 3. The number of hydrogen-bond donors (Lipinski definition) is 2. The summed E-state index contributed by atoms with van der Waals surface area (Å²) in [5.74, 6) is -0.445. The minimum absolute atomic E-state index is 0.0156. The molecule has 0 spiro atoms. The van der Waals surface area contributed by atoms with Crippen LogP contribution >= 0.6 is 0 Å². The van der Waals surface area contributed by atoms with Gasteiger partial charge in [0.25, 0.3) is 5.91 Å². The second-order valence-corrected chi connectivity index (χ2v) is 10.0. The first-order chi connectivity index (χ1) is 20.1. The van der Waals surface area contributed by atoms with Crippen molar-refractivity contribution >= 4 is 22.7 Å². The average Bonchev–Trinajstić information content (AvgIpc) is 3.44. The Hall–Kier alpha value is -4.52. The second kappa shape index (κ2) is 11.8. The lowest BCUT2D eigenvalue weighted by Crippen LogP contribution is -2.43. The Labute approximate surface area is 239 Å². The first-order valence-corrected chi connectivity index (χ1v) is 13.3. The van der Waals surface area contributed by atoms with E-state index in [2.05, 4.69) is 20.3 Å². The molecule has 0 unspecified atom stereocenters. The molecule has 3 aromatic heterocycles. The zero-order valence-electron chi connectivity index (χ0n) is 22.9. The van der Waals surface area contributed by atoms with Crippen LogP contribution in [0.25, 0.3) is 22.4 Å². The molecule has 0 bridgehead atoms. The number of alkyl halides is 3. The summed E-state index contributed by atoms with van der Waals surface area (Å²) in [5, 5.41) is 3.20. The third-order valence-electron chi connectivity index (χ3n) is 7.15. The number of nitrogens with one attached hydrogen (secondary N) is 1. The summed E-state index contributed by atoms with van der Waals surface area (Å²) in [6, 6.07) is 9.96. The van der Waals surface area contributed by atoms with Crippen molar-refractivity contribution in [1.82, 2.24) is 25.2 Å². The maximum absolute atomic E-state index is 13.6. The van der Waals surface area contributed by atoms with Gasteiger partial charge in [0, 0.05) is 36.2 Å². The quantitative estimate of drug-likeness (QED) is 0.325. The Morgan fingerprint density at radius 2 is 1.90 bits per heavy atom. The van der Waals surface area contributed by atoms with Gasteiger partial charge < -0.3 is 25.1 Å². The molecular formula is C29H29F3N6O4. The molecule has 1 fully saturated rings. The number of likely N-dealkylation sites (tertiary alicyclic amines) is 1. The van der Waals surface area contributed by atoms with E-state index in [1.165, 1.54) is 19.2 Å². The topological polar surface area (TPSA) is 136 Å². The number of carbonyl (C=O) groups is 2. The van der Waals surface area contributed by atoms with Crippen LogP contribution in [0.2, 0.25) is 0 Å². The molecule has 1 aliphatic rings. The smallest absolute Gasteiger partial charge is 0.433 e. The fourth-order valence-corrected chi connectivity index (χ4v) is 4.93. The van der Waals surface area contributed by atoms with E-state index >= 15 is 0 Å². The Bertz CT molecular complexity index is 1600. The highest BCUT2D eigenvalue weighted by molar-refractivity contribution is 5.98. The van der Waals surface area contributed by atoms with Crippen LogP contribution in [0, 0.1) is 5.92 Å². The van der Waals surface area contributed by atoms with E-state index in [0.717, 1.165) is 11.8 Å². The molecule has 220 valence electrons. The molecule has 0 aliphatic carbocycles. The molecule has 1 aromatic carbocycles. The lowest BCUT2D eigenvalue weighted by atomic mass is 9.95. The number of halogens is 3. The van der Waals surface area contributed by atoms with Crippen LogP contribution in [0.15, 0.2) is 53.1 Å². The molecule has 3 N–H and O–H groups in total. The first kappa shape index (κ1) is 29.0. The minimum atomic E-state index is -4.65. The molecule has 1 aliphatic heterocycles. The Kier molecular flexibility index (Phi) is 8.12. The normalized spacial score (nSPS) is 15.0. The highest BCUT2D eigenvalue weighted by atomic mass is 19.4. The number of pyridine rings is 2. The van der Waals surface area contributed by atoms with E-state index in [0.29, 0.717) is 43.4 Å². The number of piperidine rings is 1. The lowest BCUT2D eigenvalue weighted by Gasteiger charge is -2.31. The van der Waals surface area contributed by atoms with Crippen LogP contribution in [0.4, 0.5) is 13.2 Å². The van der Waals surface area contributed by atoms with Gasteiger partial charge in [-0.2, -0.15) is 13.2 Å². The third-order valence-corrected chi connectivity index (χ3v) is 7.15. The maximum Gasteiger partial charge on any atom is 0.433 e. The zero-order chi connectivity index (χ0) is 30.0.